The third-order valence-electron chi connectivity index (χ3n) is 6.26. The second kappa shape index (κ2) is 9.94. The highest BCUT2D eigenvalue weighted by Crippen LogP contribution is 2.38. The molecule has 3 atom stereocenters. The van der Waals surface area contributed by atoms with Gasteiger partial charge in [-0.2, -0.15) is 0 Å². The molecule has 1 unspecified atom stereocenters. The maximum Gasteiger partial charge on any atom is 0.422 e. The number of hydrogen-bond donors (Lipinski definition) is 0. The maximum atomic E-state index is 13.3. The normalized spacial score (nSPS) is 21.0. The fourth-order valence-electron chi connectivity index (χ4n) is 4.49. The van der Waals surface area contributed by atoms with E-state index < -0.39 is 41.1 Å². The molecule has 10 heteroatoms. The van der Waals surface area contributed by atoms with E-state index in [2.05, 4.69) is 0 Å². The third-order valence-corrected chi connectivity index (χ3v) is 6.26. The zero-order valence-electron chi connectivity index (χ0n) is 19.4. The molecule has 2 aliphatic heterocycles. The third kappa shape index (κ3) is 4.52. The predicted octanol–water partition coefficient (Wildman–Crippen LogP) is 4.58. The number of imide groups is 1. The summed E-state index contributed by atoms with van der Waals surface area (Å²) in [6.45, 7) is 0.0433. The van der Waals surface area contributed by atoms with E-state index in [9.17, 15) is 24.5 Å². The Kier molecular flexibility index (Phi) is 6.38. The summed E-state index contributed by atoms with van der Waals surface area (Å²) < 4.78 is 10.6. The van der Waals surface area contributed by atoms with Crippen LogP contribution in [0.5, 0.6) is 5.75 Å². The Morgan fingerprint density at radius 2 is 1.62 bits per heavy atom. The lowest BCUT2D eigenvalue weighted by molar-refractivity contribution is -0.385. The van der Waals surface area contributed by atoms with Crippen LogP contribution in [-0.4, -0.2) is 51.5 Å². The molecule has 3 aromatic carbocycles. The summed E-state index contributed by atoms with van der Waals surface area (Å²) in [4.78, 5) is 52.3. The Morgan fingerprint density at radius 3 is 2.32 bits per heavy atom. The van der Waals surface area contributed by atoms with E-state index in [1.54, 1.807) is 48.5 Å². The van der Waals surface area contributed by atoms with Crippen LogP contribution in [-0.2, 0) is 9.53 Å². The first-order chi connectivity index (χ1) is 18.0. The molecule has 3 amide bonds. The number of likely N-dealkylation sites (tertiary alicyclic amines) is 1. The summed E-state index contributed by atoms with van der Waals surface area (Å²) in [5.41, 5.74) is 0.917. The average molecular weight is 499 g/mol. The van der Waals surface area contributed by atoms with Crippen LogP contribution in [0.2, 0.25) is 0 Å². The molecule has 0 aromatic heterocycles. The van der Waals surface area contributed by atoms with Crippen molar-refractivity contribution in [2.45, 2.75) is 18.1 Å². The number of benzene rings is 3. The largest absolute Gasteiger partial charge is 0.447 e. The molecule has 0 N–H and O–H groups in total. The number of nitro groups is 1. The number of carbonyl (C=O) groups excluding carboxylic acids is 3. The fourth-order valence-corrected chi connectivity index (χ4v) is 4.49. The first kappa shape index (κ1) is 23.7. The Bertz CT molecular complexity index is 1380. The number of amides is 3. The van der Waals surface area contributed by atoms with Gasteiger partial charge in [-0.3, -0.25) is 19.8 Å². The van der Waals surface area contributed by atoms with Gasteiger partial charge in [-0.15, -0.1) is 0 Å². The smallest absolute Gasteiger partial charge is 0.422 e. The lowest BCUT2D eigenvalue weighted by Crippen LogP contribution is -2.72. The molecule has 2 fully saturated rings. The van der Waals surface area contributed by atoms with Gasteiger partial charge in [0.1, 0.15) is 18.4 Å². The van der Waals surface area contributed by atoms with E-state index >= 15 is 0 Å². The van der Waals surface area contributed by atoms with Crippen LogP contribution >= 0.6 is 0 Å². The van der Waals surface area contributed by atoms with Crippen LogP contribution in [0.15, 0.2) is 91.0 Å². The highest BCUT2D eigenvalue weighted by molar-refractivity contribution is 6.04. The first-order valence-electron chi connectivity index (χ1n) is 11.5. The number of nitrogens with zero attached hydrogens (tertiary/aromatic N) is 3. The van der Waals surface area contributed by atoms with Crippen molar-refractivity contribution in [3.8, 4) is 5.75 Å². The summed E-state index contributed by atoms with van der Waals surface area (Å²) in [6, 6.07) is 20.9. The minimum atomic E-state index is -1.07. The van der Waals surface area contributed by atoms with Crippen LogP contribution in [0.25, 0.3) is 6.08 Å². The van der Waals surface area contributed by atoms with Crippen LogP contribution in [0.3, 0.4) is 0 Å². The first-order valence-corrected chi connectivity index (χ1v) is 11.5. The van der Waals surface area contributed by atoms with Gasteiger partial charge in [0.25, 0.3) is 11.6 Å². The van der Waals surface area contributed by atoms with E-state index in [1.165, 1.54) is 23.1 Å². The second-order valence-corrected chi connectivity index (χ2v) is 8.41. The van der Waals surface area contributed by atoms with Gasteiger partial charge in [-0.1, -0.05) is 66.7 Å². The van der Waals surface area contributed by atoms with Gasteiger partial charge >= 0.3 is 12.2 Å². The van der Waals surface area contributed by atoms with Crippen molar-refractivity contribution in [1.82, 2.24) is 9.80 Å². The molecule has 0 spiro atoms. The van der Waals surface area contributed by atoms with Crippen molar-refractivity contribution < 1.29 is 28.8 Å². The highest BCUT2D eigenvalue weighted by atomic mass is 16.6. The Labute approximate surface area is 211 Å². The van der Waals surface area contributed by atoms with Crippen molar-refractivity contribution >= 4 is 29.9 Å². The molecular formula is C27H21N3O7. The highest BCUT2D eigenvalue weighted by Gasteiger charge is 2.58. The van der Waals surface area contributed by atoms with E-state index in [0.717, 1.165) is 10.5 Å². The molecule has 0 bridgehead atoms. The standard InChI is InChI=1S/C27H21N3O7/c31-25-24(28-23(17-36-26(28)32)18-9-3-1-4-10-18)22(16-15-19-11-7-8-14-21(19)30(34)35)29(25)27(33)37-20-12-5-2-6-13-20/h1-16,22-24H,17H2/b16-15+/t22-,23?,24-/m1/s1. The Morgan fingerprint density at radius 1 is 0.973 bits per heavy atom. The van der Waals surface area contributed by atoms with E-state index in [-0.39, 0.29) is 23.6 Å². The Balaban J connectivity index is 1.49. The number of ether oxygens (including phenoxy) is 2. The van der Waals surface area contributed by atoms with E-state index in [0.29, 0.717) is 0 Å². The van der Waals surface area contributed by atoms with Crippen molar-refractivity contribution in [3.05, 3.63) is 112 Å². The van der Waals surface area contributed by atoms with Gasteiger partial charge in [-0.25, -0.2) is 14.5 Å². The average Bonchev–Trinajstić information content (AvgIpc) is 3.28. The zero-order valence-corrected chi connectivity index (χ0v) is 19.4. The minimum Gasteiger partial charge on any atom is -0.447 e. The number of β-lactam (4-membered cyclic amide) rings is 1. The van der Waals surface area contributed by atoms with Crippen molar-refractivity contribution in [3.63, 3.8) is 0 Å². The second-order valence-electron chi connectivity index (χ2n) is 8.41. The number of cyclic esters (lactones) is 1. The van der Waals surface area contributed by atoms with Gasteiger partial charge in [0.05, 0.1) is 22.6 Å². The van der Waals surface area contributed by atoms with Crippen LogP contribution in [0.4, 0.5) is 15.3 Å². The molecule has 0 radical (unpaired) electrons. The molecule has 10 nitrogen and oxygen atoms in total. The Hall–Kier alpha value is -4.99. The number of hydrogen-bond acceptors (Lipinski definition) is 7. The SMILES string of the molecule is O=C(Oc1ccccc1)N1C(=O)[C@H](N2C(=O)OCC2c2ccccc2)[C@H]1/C=C/c1ccccc1[N+](=O)[O-]. The van der Waals surface area contributed by atoms with Crippen molar-refractivity contribution in [1.29, 1.82) is 0 Å². The summed E-state index contributed by atoms with van der Waals surface area (Å²) in [7, 11) is 0. The van der Waals surface area contributed by atoms with Gasteiger partial charge < -0.3 is 9.47 Å². The fraction of sp³-hybridized carbons (Fsp3) is 0.148. The molecule has 0 saturated carbocycles. The molecule has 186 valence electrons. The molecular weight excluding hydrogens is 478 g/mol. The molecule has 3 aromatic rings. The van der Waals surface area contributed by atoms with Crippen LogP contribution in [0, 0.1) is 10.1 Å². The maximum absolute atomic E-state index is 13.3. The van der Waals surface area contributed by atoms with Crippen molar-refractivity contribution in [2.24, 2.45) is 0 Å². The van der Waals surface area contributed by atoms with Crippen LogP contribution < -0.4 is 4.74 Å². The monoisotopic (exact) mass is 499 g/mol. The molecule has 0 aliphatic carbocycles. The molecule has 2 saturated heterocycles. The number of para-hydroxylation sites is 2. The number of rotatable bonds is 6. The summed E-state index contributed by atoms with van der Waals surface area (Å²) in [6.07, 6.45) is 1.35. The number of carbonyl (C=O) groups is 3. The number of nitro benzene ring substituents is 1. The predicted molar refractivity (Wildman–Crippen MR) is 131 cm³/mol. The summed E-state index contributed by atoms with van der Waals surface area (Å²) in [5.74, 6) is -0.397. The topological polar surface area (TPSA) is 119 Å². The lowest BCUT2D eigenvalue weighted by Gasteiger charge is -2.47. The van der Waals surface area contributed by atoms with Crippen molar-refractivity contribution in [2.75, 3.05) is 6.61 Å². The van der Waals surface area contributed by atoms with E-state index in [4.69, 9.17) is 9.47 Å². The molecule has 37 heavy (non-hydrogen) atoms. The van der Waals surface area contributed by atoms with Gasteiger partial charge in [0.2, 0.25) is 0 Å². The summed E-state index contributed by atoms with van der Waals surface area (Å²) in [5, 5.41) is 11.5. The zero-order chi connectivity index (χ0) is 25.9. The molecule has 5 rings (SSSR count). The van der Waals surface area contributed by atoms with Gasteiger partial charge in [0, 0.05) is 6.07 Å². The molecule has 2 aliphatic rings. The van der Waals surface area contributed by atoms with Gasteiger partial charge in [0.15, 0.2) is 0 Å². The lowest BCUT2D eigenvalue weighted by atomic mass is 9.91. The molecule has 2 heterocycles. The van der Waals surface area contributed by atoms with Gasteiger partial charge in [-0.05, 0) is 29.8 Å². The quantitative estimate of drug-likeness (QED) is 0.277. The van der Waals surface area contributed by atoms with E-state index in [1.807, 2.05) is 30.3 Å². The van der Waals surface area contributed by atoms with Crippen LogP contribution in [0.1, 0.15) is 17.2 Å². The summed E-state index contributed by atoms with van der Waals surface area (Å²) >= 11 is 0. The minimum absolute atomic E-state index is 0.0433.